The minimum Gasteiger partial charge on any atom is -0.382 e. The highest BCUT2D eigenvalue weighted by Gasteiger charge is 2.06. The van der Waals surface area contributed by atoms with Gasteiger partial charge < -0.3 is 19.5 Å². The zero-order valence-electron chi connectivity index (χ0n) is 11.8. The molecule has 0 saturated carbocycles. The Hall–Kier alpha value is -0.160. The second-order valence-corrected chi connectivity index (χ2v) is 4.42. The van der Waals surface area contributed by atoms with Crippen LogP contribution in [-0.2, 0) is 14.2 Å². The predicted octanol–water partition coefficient (Wildman–Crippen LogP) is 1.83. The van der Waals surface area contributed by atoms with Crippen LogP contribution >= 0.6 is 0 Å². The van der Waals surface area contributed by atoms with E-state index in [1.165, 1.54) is 0 Å². The van der Waals surface area contributed by atoms with Crippen molar-refractivity contribution in [2.45, 2.75) is 45.8 Å². The summed E-state index contributed by atoms with van der Waals surface area (Å²) >= 11 is 0. The first kappa shape index (κ1) is 16.8. The molecule has 0 amide bonds. The summed E-state index contributed by atoms with van der Waals surface area (Å²) in [6.45, 7) is 10.2. The fraction of sp³-hybridized carbons (Fsp3) is 1.00. The third-order valence-corrected chi connectivity index (χ3v) is 2.43. The van der Waals surface area contributed by atoms with E-state index in [1.54, 1.807) is 7.11 Å². The van der Waals surface area contributed by atoms with Gasteiger partial charge in [0.25, 0.3) is 0 Å². The maximum atomic E-state index is 5.77. The molecule has 0 aromatic heterocycles. The van der Waals surface area contributed by atoms with Crippen LogP contribution < -0.4 is 5.32 Å². The average Bonchev–Trinajstić information content (AvgIpc) is 2.31. The normalized spacial score (nSPS) is 13.2. The Morgan fingerprint density at radius 1 is 1.06 bits per heavy atom. The molecule has 1 atom stereocenters. The van der Waals surface area contributed by atoms with E-state index in [4.69, 9.17) is 14.2 Å². The van der Waals surface area contributed by atoms with Crippen molar-refractivity contribution in [3.63, 3.8) is 0 Å². The van der Waals surface area contributed by atoms with Crippen molar-refractivity contribution in [1.29, 1.82) is 0 Å². The van der Waals surface area contributed by atoms with Gasteiger partial charge in [0, 0.05) is 32.9 Å². The number of hydrogen-bond donors (Lipinski definition) is 1. The highest BCUT2D eigenvalue weighted by atomic mass is 16.5. The number of methoxy groups -OCH3 is 1. The van der Waals surface area contributed by atoms with Crippen LogP contribution in [-0.4, -0.2) is 52.2 Å². The van der Waals surface area contributed by atoms with Gasteiger partial charge in [0.1, 0.15) is 0 Å². The van der Waals surface area contributed by atoms with Crippen molar-refractivity contribution in [3.05, 3.63) is 0 Å². The Bertz CT molecular complexity index is 154. The van der Waals surface area contributed by atoms with Crippen LogP contribution in [0.15, 0.2) is 0 Å². The summed E-state index contributed by atoms with van der Waals surface area (Å²) in [5, 5.41) is 3.39. The molecule has 0 aliphatic rings. The van der Waals surface area contributed by atoms with Gasteiger partial charge in [-0.1, -0.05) is 20.8 Å². The minimum atomic E-state index is 0.316. The van der Waals surface area contributed by atoms with E-state index < -0.39 is 0 Å². The first-order valence-electron chi connectivity index (χ1n) is 6.62. The Labute approximate surface area is 106 Å². The second kappa shape index (κ2) is 12.3. The molecule has 0 aliphatic carbocycles. The topological polar surface area (TPSA) is 39.7 Å². The fourth-order valence-electron chi connectivity index (χ4n) is 1.34. The quantitative estimate of drug-likeness (QED) is 0.534. The van der Waals surface area contributed by atoms with E-state index in [0.717, 1.165) is 32.6 Å². The van der Waals surface area contributed by atoms with Crippen LogP contribution in [0.4, 0.5) is 0 Å². The maximum Gasteiger partial charge on any atom is 0.0700 e. The number of ether oxygens (including phenoxy) is 3. The van der Waals surface area contributed by atoms with Crippen molar-refractivity contribution in [2.24, 2.45) is 0 Å². The fourth-order valence-corrected chi connectivity index (χ4v) is 1.34. The van der Waals surface area contributed by atoms with Crippen LogP contribution in [0.1, 0.15) is 33.6 Å². The first-order valence-corrected chi connectivity index (χ1v) is 6.62. The highest BCUT2D eigenvalue weighted by Crippen LogP contribution is 1.98. The summed E-state index contributed by atoms with van der Waals surface area (Å²) in [5.74, 6) is 0. The molecule has 0 saturated heterocycles. The lowest BCUT2D eigenvalue weighted by Gasteiger charge is -2.18. The molecule has 0 aliphatic heterocycles. The monoisotopic (exact) mass is 247 g/mol. The Morgan fingerprint density at radius 2 is 1.82 bits per heavy atom. The molecule has 4 nitrogen and oxygen atoms in total. The number of nitrogens with one attached hydrogen (secondary N) is 1. The lowest BCUT2D eigenvalue weighted by molar-refractivity contribution is 0.0218. The van der Waals surface area contributed by atoms with E-state index in [-0.39, 0.29) is 0 Å². The van der Waals surface area contributed by atoms with Gasteiger partial charge in [-0.3, -0.25) is 0 Å². The third-order valence-electron chi connectivity index (χ3n) is 2.43. The largest absolute Gasteiger partial charge is 0.382 e. The molecule has 0 fully saturated rings. The van der Waals surface area contributed by atoms with E-state index in [1.807, 2.05) is 0 Å². The smallest absolute Gasteiger partial charge is 0.0700 e. The highest BCUT2D eigenvalue weighted by molar-refractivity contribution is 4.62. The summed E-state index contributed by atoms with van der Waals surface area (Å²) in [4.78, 5) is 0. The van der Waals surface area contributed by atoms with Crippen LogP contribution in [0.2, 0.25) is 0 Å². The van der Waals surface area contributed by atoms with Crippen molar-refractivity contribution in [2.75, 3.05) is 40.1 Å². The zero-order valence-corrected chi connectivity index (χ0v) is 11.8. The molecule has 4 heteroatoms. The lowest BCUT2D eigenvalue weighted by Crippen LogP contribution is -2.33. The predicted molar refractivity (Wildman–Crippen MR) is 70.5 cm³/mol. The van der Waals surface area contributed by atoms with Gasteiger partial charge in [-0.15, -0.1) is 0 Å². The van der Waals surface area contributed by atoms with Crippen molar-refractivity contribution >= 4 is 0 Å². The summed E-state index contributed by atoms with van der Waals surface area (Å²) in [5.41, 5.74) is 0. The van der Waals surface area contributed by atoms with Gasteiger partial charge in [0.2, 0.25) is 0 Å². The van der Waals surface area contributed by atoms with Crippen LogP contribution in [0.25, 0.3) is 0 Å². The van der Waals surface area contributed by atoms with Crippen LogP contribution in [0.5, 0.6) is 0 Å². The van der Waals surface area contributed by atoms with Gasteiger partial charge in [-0.2, -0.15) is 0 Å². The number of hydrogen-bond acceptors (Lipinski definition) is 4. The van der Waals surface area contributed by atoms with Crippen LogP contribution in [0.3, 0.4) is 0 Å². The molecule has 17 heavy (non-hydrogen) atoms. The van der Waals surface area contributed by atoms with E-state index in [9.17, 15) is 0 Å². The Kier molecular flexibility index (Phi) is 12.2. The SMILES string of the molecule is CCC(CNC(C)C)OCCCOCCOC. The van der Waals surface area contributed by atoms with E-state index in [0.29, 0.717) is 25.4 Å². The Morgan fingerprint density at radius 3 is 2.41 bits per heavy atom. The molecule has 0 heterocycles. The second-order valence-electron chi connectivity index (χ2n) is 4.42. The standard InChI is InChI=1S/C13H29NO3/c1-5-13(11-14-12(2)3)17-8-6-7-16-10-9-15-4/h12-14H,5-11H2,1-4H3. The third kappa shape index (κ3) is 12.1. The molecule has 0 spiro atoms. The van der Waals surface area contributed by atoms with Crippen LogP contribution in [0, 0.1) is 0 Å². The van der Waals surface area contributed by atoms with Gasteiger partial charge in [0.05, 0.1) is 19.3 Å². The number of rotatable bonds is 12. The molecule has 104 valence electrons. The molecule has 0 aromatic carbocycles. The average molecular weight is 247 g/mol. The summed E-state index contributed by atoms with van der Waals surface area (Å²) in [7, 11) is 1.68. The van der Waals surface area contributed by atoms with E-state index >= 15 is 0 Å². The van der Waals surface area contributed by atoms with Gasteiger partial charge in [-0.05, 0) is 12.8 Å². The molecule has 0 rings (SSSR count). The summed E-state index contributed by atoms with van der Waals surface area (Å²) < 4.78 is 16.0. The molecule has 0 aromatic rings. The lowest BCUT2D eigenvalue weighted by atomic mass is 10.2. The molecular formula is C13H29NO3. The van der Waals surface area contributed by atoms with Crippen molar-refractivity contribution < 1.29 is 14.2 Å². The first-order chi connectivity index (χ1) is 8.20. The maximum absolute atomic E-state index is 5.77. The van der Waals surface area contributed by atoms with Crippen molar-refractivity contribution in [3.8, 4) is 0 Å². The molecule has 1 unspecified atom stereocenters. The van der Waals surface area contributed by atoms with Gasteiger partial charge in [0.15, 0.2) is 0 Å². The van der Waals surface area contributed by atoms with Crippen molar-refractivity contribution in [1.82, 2.24) is 5.32 Å². The molecule has 1 N–H and O–H groups in total. The minimum absolute atomic E-state index is 0.316. The Balaban J connectivity index is 3.31. The zero-order chi connectivity index (χ0) is 12.9. The molecule has 0 bridgehead atoms. The van der Waals surface area contributed by atoms with Gasteiger partial charge in [-0.25, -0.2) is 0 Å². The van der Waals surface area contributed by atoms with E-state index in [2.05, 4.69) is 26.1 Å². The van der Waals surface area contributed by atoms with Gasteiger partial charge >= 0.3 is 0 Å². The summed E-state index contributed by atoms with van der Waals surface area (Å²) in [6.07, 6.45) is 2.31. The molecule has 0 radical (unpaired) electrons. The molecular weight excluding hydrogens is 218 g/mol. The summed E-state index contributed by atoms with van der Waals surface area (Å²) in [6, 6.07) is 0.519.